The summed E-state index contributed by atoms with van der Waals surface area (Å²) in [5.74, 6) is -1.00. The first-order valence-electron chi connectivity index (χ1n) is 4.96. The molecular weight excluding hydrogens is 208 g/mol. The summed E-state index contributed by atoms with van der Waals surface area (Å²) < 4.78 is 0. The zero-order valence-corrected chi connectivity index (χ0v) is 8.80. The maximum absolute atomic E-state index is 11.5. The van der Waals surface area contributed by atoms with Crippen molar-refractivity contribution in [1.82, 2.24) is 5.32 Å². The van der Waals surface area contributed by atoms with Crippen LogP contribution in [0.25, 0.3) is 0 Å². The lowest BCUT2D eigenvalue weighted by atomic mass is 10.2. The molecule has 0 spiro atoms. The van der Waals surface area contributed by atoms with E-state index in [2.05, 4.69) is 5.32 Å². The number of carboxylic acids is 1. The standard InChI is InChI=1S/C11H12N2O3/c1-7-2-4-8(5-3-7)13-9(10(14)15)6-12-11(13)16/h2-5,9H,6H2,1H3,(H,12,16)(H,14,15). The molecule has 84 valence electrons. The fraction of sp³-hybridized carbons (Fsp3) is 0.273. The summed E-state index contributed by atoms with van der Waals surface area (Å²) in [6, 6.07) is 6.00. The van der Waals surface area contributed by atoms with Gasteiger partial charge in [0.15, 0.2) is 6.04 Å². The van der Waals surface area contributed by atoms with Crippen molar-refractivity contribution >= 4 is 17.7 Å². The Kier molecular flexibility index (Phi) is 2.52. The van der Waals surface area contributed by atoms with Crippen molar-refractivity contribution in [3.05, 3.63) is 29.8 Å². The van der Waals surface area contributed by atoms with Gasteiger partial charge in [0, 0.05) is 5.69 Å². The number of hydrogen-bond donors (Lipinski definition) is 2. The summed E-state index contributed by atoms with van der Waals surface area (Å²) in [6.07, 6.45) is 0. The van der Waals surface area contributed by atoms with E-state index in [4.69, 9.17) is 5.11 Å². The average molecular weight is 220 g/mol. The van der Waals surface area contributed by atoms with Gasteiger partial charge >= 0.3 is 12.0 Å². The highest BCUT2D eigenvalue weighted by Crippen LogP contribution is 2.20. The van der Waals surface area contributed by atoms with Crippen LogP contribution in [0, 0.1) is 6.92 Å². The Hall–Kier alpha value is -2.04. The van der Waals surface area contributed by atoms with Crippen LogP contribution in [0.3, 0.4) is 0 Å². The molecule has 16 heavy (non-hydrogen) atoms. The number of carboxylic acid groups (broad SMARTS) is 1. The van der Waals surface area contributed by atoms with Crippen LogP contribution in [0.15, 0.2) is 24.3 Å². The smallest absolute Gasteiger partial charge is 0.328 e. The third kappa shape index (κ3) is 1.71. The molecule has 0 aliphatic carbocycles. The van der Waals surface area contributed by atoms with Gasteiger partial charge in [-0.05, 0) is 19.1 Å². The fourth-order valence-corrected chi connectivity index (χ4v) is 1.70. The van der Waals surface area contributed by atoms with Crippen molar-refractivity contribution < 1.29 is 14.7 Å². The molecule has 1 heterocycles. The molecule has 1 saturated heterocycles. The molecule has 2 amide bonds. The largest absolute Gasteiger partial charge is 0.480 e. The molecule has 5 nitrogen and oxygen atoms in total. The Morgan fingerprint density at radius 2 is 2.06 bits per heavy atom. The lowest BCUT2D eigenvalue weighted by molar-refractivity contribution is -0.137. The molecule has 1 aromatic carbocycles. The average Bonchev–Trinajstić information content (AvgIpc) is 2.62. The molecule has 0 saturated carbocycles. The number of benzene rings is 1. The zero-order chi connectivity index (χ0) is 11.7. The van der Waals surface area contributed by atoms with E-state index in [1.54, 1.807) is 12.1 Å². The molecule has 2 N–H and O–H groups in total. The van der Waals surface area contributed by atoms with Crippen LogP contribution in [0.4, 0.5) is 10.5 Å². The van der Waals surface area contributed by atoms with Gasteiger partial charge < -0.3 is 10.4 Å². The summed E-state index contributed by atoms with van der Waals surface area (Å²) >= 11 is 0. The molecule has 0 aromatic heterocycles. The van der Waals surface area contributed by atoms with Crippen molar-refractivity contribution in [3.8, 4) is 0 Å². The number of aliphatic carboxylic acids is 1. The Balaban J connectivity index is 2.33. The van der Waals surface area contributed by atoms with E-state index in [9.17, 15) is 9.59 Å². The predicted molar refractivity (Wildman–Crippen MR) is 58.5 cm³/mol. The van der Waals surface area contributed by atoms with Crippen molar-refractivity contribution in [3.63, 3.8) is 0 Å². The van der Waals surface area contributed by atoms with Crippen molar-refractivity contribution in [2.45, 2.75) is 13.0 Å². The topological polar surface area (TPSA) is 69.6 Å². The van der Waals surface area contributed by atoms with Crippen LogP contribution in [-0.4, -0.2) is 29.7 Å². The molecule has 1 fully saturated rings. The highest BCUT2D eigenvalue weighted by atomic mass is 16.4. The van der Waals surface area contributed by atoms with Crippen molar-refractivity contribution in [2.75, 3.05) is 11.4 Å². The van der Waals surface area contributed by atoms with Crippen LogP contribution in [-0.2, 0) is 4.79 Å². The van der Waals surface area contributed by atoms with E-state index in [0.29, 0.717) is 5.69 Å². The monoisotopic (exact) mass is 220 g/mol. The predicted octanol–water partition coefficient (Wildman–Crippen LogP) is 0.978. The Morgan fingerprint density at radius 3 is 2.62 bits per heavy atom. The zero-order valence-electron chi connectivity index (χ0n) is 8.80. The number of carbonyl (C=O) groups is 2. The summed E-state index contributed by atoms with van der Waals surface area (Å²) in [5.41, 5.74) is 1.67. The second kappa shape index (κ2) is 3.84. The number of hydrogen-bond acceptors (Lipinski definition) is 2. The van der Waals surface area contributed by atoms with Crippen LogP contribution in [0.5, 0.6) is 0 Å². The lowest BCUT2D eigenvalue weighted by Gasteiger charge is -2.19. The van der Waals surface area contributed by atoms with Gasteiger partial charge in [0.1, 0.15) is 0 Å². The van der Waals surface area contributed by atoms with Gasteiger partial charge in [-0.2, -0.15) is 0 Å². The minimum atomic E-state index is -1.00. The second-order valence-electron chi connectivity index (χ2n) is 3.75. The van der Waals surface area contributed by atoms with E-state index in [0.717, 1.165) is 5.56 Å². The number of carbonyl (C=O) groups excluding carboxylic acids is 1. The first-order valence-corrected chi connectivity index (χ1v) is 4.96. The van der Waals surface area contributed by atoms with E-state index in [1.165, 1.54) is 4.90 Å². The van der Waals surface area contributed by atoms with Crippen LogP contribution in [0.1, 0.15) is 5.56 Å². The minimum Gasteiger partial charge on any atom is -0.480 e. The lowest BCUT2D eigenvalue weighted by Crippen LogP contribution is -2.39. The molecule has 5 heteroatoms. The van der Waals surface area contributed by atoms with Crippen molar-refractivity contribution in [2.24, 2.45) is 0 Å². The van der Waals surface area contributed by atoms with E-state index in [-0.39, 0.29) is 12.6 Å². The Labute approximate surface area is 92.7 Å². The minimum absolute atomic E-state index is 0.141. The highest BCUT2D eigenvalue weighted by Gasteiger charge is 2.36. The normalized spacial score (nSPS) is 19.7. The van der Waals surface area contributed by atoms with Gasteiger partial charge in [-0.1, -0.05) is 17.7 Å². The Bertz CT molecular complexity index is 427. The van der Waals surface area contributed by atoms with Crippen LogP contribution in [0.2, 0.25) is 0 Å². The van der Waals surface area contributed by atoms with Gasteiger partial charge in [-0.15, -0.1) is 0 Å². The quantitative estimate of drug-likeness (QED) is 0.780. The summed E-state index contributed by atoms with van der Waals surface area (Å²) in [5, 5.41) is 11.5. The number of urea groups is 1. The first kappa shape index (κ1) is 10.5. The highest BCUT2D eigenvalue weighted by molar-refractivity contribution is 6.01. The molecular formula is C11H12N2O3. The third-order valence-electron chi connectivity index (χ3n) is 2.57. The van der Waals surface area contributed by atoms with Gasteiger partial charge in [0.05, 0.1) is 6.54 Å². The van der Waals surface area contributed by atoms with Gasteiger partial charge in [0.2, 0.25) is 0 Å². The van der Waals surface area contributed by atoms with Crippen molar-refractivity contribution in [1.29, 1.82) is 0 Å². The van der Waals surface area contributed by atoms with Gasteiger partial charge in [0.25, 0.3) is 0 Å². The maximum atomic E-state index is 11.5. The molecule has 2 rings (SSSR count). The van der Waals surface area contributed by atoms with Crippen LogP contribution >= 0.6 is 0 Å². The third-order valence-corrected chi connectivity index (χ3v) is 2.57. The maximum Gasteiger partial charge on any atom is 0.328 e. The number of aryl methyl sites for hydroxylation is 1. The summed E-state index contributed by atoms with van der Waals surface area (Å²) in [7, 11) is 0. The Morgan fingerprint density at radius 1 is 1.44 bits per heavy atom. The van der Waals surface area contributed by atoms with E-state index < -0.39 is 12.0 Å². The molecule has 0 radical (unpaired) electrons. The molecule has 1 aromatic rings. The number of nitrogens with zero attached hydrogens (tertiary/aromatic N) is 1. The van der Waals surface area contributed by atoms with Crippen LogP contribution < -0.4 is 10.2 Å². The molecule has 1 aliphatic heterocycles. The van der Waals surface area contributed by atoms with E-state index >= 15 is 0 Å². The number of rotatable bonds is 2. The summed E-state index contributed by atoms with van der Waals surface area (Å²) in [6.45, 7) is 2.07. The second-order valence-corrected chi connectivity index (χ2v) is 3.75. The molecule has 1 atom stereocenters. The molecule has 1 aliphatic rings. The molecule has 0 bridgehead atoms. The summed E-state index contributed by atoms with van der Waals surface area (Å²) in [4.78, 5) is 23.8. The number of anilines is 1. The first-order chi connectivity index (χ1) is 7.59. The van der Waals surface area contributed by atoms with Gasteiger partial charge in [-0.25, -0.2) is 9.59 Å². The number of nitrogens with one attached hydrogen (secondary N) is 1. The van der Waals surface area contributed by atoms with Gasteiger partial charge in [-0.3, -0.25) is 4.90 Å². The SMILES string of the molecule is Cc1ccc(N2C(=O)NCC2C(=O)O)cc1. The molecule has 1 unspecified atom stereocenters. The number of amides is 2. The fourth-order valence-electron chi connectivity index (χ4n) is 1.70. The van der Waals surface area contributed by atoms with E-state index in [1.807, 2.05) is 19.1 Å².